The fraction of sp³-hybridized carbons (Fsp3) is 0.286. The SMILES string of the molecule is CC(C)Cc1nn(-c2ccccc2)c2n[nH]c(N)c12. The van der Waals surface area contributed by atoms with Gasteiger partial charge in [-0.3, -0.25) is 5.10 Å². The van der Waals surface area contributed by atoms with Crippen LogP contribution in [-0.2, 0) is 6.42 Å². The lowest BCUT2D eigenvalue weighted by Crippen LogP contribution is -2.01. The van der Waals surface area contributed by atoms with Crippen molar-refractivity contribution in [2.24, 2.45) is 5.92 Å². The minimum Gasteiger partial charge on any atom is -0.383 e. The van der Waals surface area contributed by atoms with Gasteiger partial charge in [0.2, 0.25) is 0 Å². The molecule has 0 bridgehead atoms. The number of H-pyrrole nitrogens is 1. The van der Waals surface area contributed by atoms with Gasteiger partial charge >= 0.3 is 0 Å². The topological polar surface area (TPSA) is 72.5 Å². The van der Waals surface area contributed by atoms with Gasteiger partial charge in [0.05, 0.1) is 16.8 Å². The Morgan fingerprint density at radius 3 is 2.68 bits per heavy atom. The van der Waals surface area contributed by atoms with E-state index in [9.17, 15) is 0 Å². The van der Waals surface area contributed by atoms with Crippen LogP contribution in [0.4, 0.5) is 5.82 Å². The first-order valence-electron chi connectivity index (χ1n) is 6.43. The highest BCUT2D eigenvalue weighted by molar-refractivity contribution is 5.89. The van der Waals surface area contributed by atoms with Gasteiger partial charge in [-0.15, -0.1) is 0 Å². The van der Waals surface area contributed by atoms with E-state index in [1.54, 1.807) is 0 Å². The molecule has 3 N–H and O–H groups in total. The van der Waals surface area contributed by atoms with Crippen LogP contribution in [0.15, 0.2) is 30.3 Å². The van der Waals surface area contributed by atoms with Crippen molar-refractivity contribution in [1.82, 2.24) is 20.0 Å². The molecular formula is C14H17N5. The number of para-hydroxylation sites is 1. The number of nitrogen functional groups attached to an aromatic ring is 1. The molecule has 0 aliphatic heterocycles. The van der Waals surface area contributed by atoms with Crippen LogP contribution < -0.4 is 5.73 Å². The van der Waals surface area contributed by atoms with E-state index in [4.69, 9.17) is 5.73 Å². The molecule has 5 nitrogen and oxygen atoms in total. The second kappa shape index (κ2) is 4.42. The zero-order valence-corrected chi connectivity index (χ0v) is 11.1. The molecule has 0 atom stereocenters. The summed E-state index contributed by atoms with van der Waals surface area (Å²) >= 11 is 0. The van der Waals surface area contributed by atoms with Gasteiger partial charge in [-0.25, -0.2) is 4.68 Å². The van der Waals surface area contributed by atoms with Crippen molar-refractivity contribution in [3.8, 4) is 5.69 Å². The summed E-state index contributed by atoms with van der Waals surface area (Å²) in [5.41, 5.74) is 8.76. The zero-order chi connectivity index (χ0) is 13.4. The van der Waals surface area contributed by atoms with E-state index >= 15 is 0 Å². The third-order valence-corrected chi connectivity index (χ3v) is 3.09. The van der Waals surface area contributed by atoms with Crippen molar-refractivity contribution in [2.75, 3.05) is 5.73 Å². The Balaban J connectivity index is 2.21. The Morgan fingerprint density at radius 2 is 2.00 bits per heavy atom. The van der Waals surface area contributed by atoms with Crippen LogP contribution in [0.2, 0.25) is 0 Å². The molecule has 0 aliphatic rings. The van der Waals surface area contributed by atoms with Crippen LogP contribution in [0.5, 0.6) is 0 Å². The Kier molecular flexibility index (Phi) is 2.74. The number of nitrogens with one attached hydrogen (secondary N) is 1. The molecule has 3 aromatic rings. The quantitative estimate of drug-likeness (QED) is 0.755. The lowest BCUT2D eigenvalue weighted by atomic mass is 10.1. The number of aromatic nitrogens is 4. The van der Waals surface area contributed by atoms with Gasteiger partial charge in [0.25, 0.3) is 0 Å². The molecule has 19 heavy (non-hydrogen) atoms. The smallest absolute Gasteiger partial charge is 0.186 e. The molecule has 3 rings (SSSR count). The summed E-state index contributed by atoms with van der Waals surface area (Å²) in [4.78, 5) is 0. The van der Waals surface area contributed by atoms with Crippen LogP contribution in [0.1, 0.15) is 19.5 Å². The molecule has 98 valence electrons. The van der Waals surface area contributed by atoms with E-state index in [1.165, 1.54) is 0 Å². The van der Waals surface area contributed by atoms with E-state index in [2.05, 4.69) is 29.1 Å². The molecule has 0 spiro atoms. The van der Waals surface area contributed by atoms with Crippen molar-refractivity contribution in [2.45, 2.75) is 20.3 Å². The van der Waals surface area contributed by atoms with Crippen molar-refractivity contribution < 1.29 is 0 Å². The molecule has 0 amide bonds. The summed E-state index contributed by atoms with van der Waals surface area (Å²) < 4.78 is 1.85. The number of aromatic amines is 1. The molecule has 0 fully saturated rings. The molecule has 0 aliphatic carbocycles. The minimum atomic E-state index is 0.525. The molecule has 0 saturated carbocycles. The number of rotatable bonds is 3. The highest BCUT2D eigenvalue weighted by atomic mass is 15.4. The number of benzene rings is 1. The molecule has 0 unspecified atom stereocenters. The highest BCUT2D eigenvalue weighted by Gasteiger charge is 2.17. The molecular weight excluding hydrogens is 238 g/mol. The summed E-state index contributed by atoms with van der Waals surface area (Å²) in [6.45, 7) is 4.34. The summed E-state index contributed by atoms with van der Waals surface area (Å²) in [6, 6.07) is 9.98. The largest absolute Gasteiger partial charge is 0.383 e. The number of nitrogens with two attached hydrogens (primary N) is 1. The number of anilines is 1. The van der Waals surface area contributed by atoms with Crippen LogP contribution in [0.3, 0.4) is 0 Å². The first-order chi connectivity index (χ1) is 9.16. The third-order valence-electron chi connectivity index (χ3n) is 3.09. The van der Waals surface area contributed by atoms with Crippen LogP contribution >= 0.6 is 0 Å². The van der Waals surface area contributed by atoms with Gasteiger partial charge in [-0.05, 0) is 24.5 Å². The molecule has 1 aromatic carbocycles. The molecule has 0 saturated heterocycles. The molecule has 2 aromatic heterocycles. The maximum atomic E-state index is 5.97. The zero-order valence-electron chi connectivity index (χ0n) is 11.1. The van der Waals surface area contributed by atoms with Gasteiger partial charge in [0.1, 0.15) is 5.82 Å². The van der Waals surface area contributed by atoms with E-state index in [0.717, 1.165) is 28.8 Å². The summed E-state index contributed by atoms with van der Waals surface area (Å²) in [5, 5.41) is 12.7. The van der Waals surface area contributed by atoms with Crippen LogP contribution in [0, 0.1) is 5.92 Å². The van der Waals surface area contributed by atoms with Crippen molar-refractivity contribution in [3.05, 3.63) is 36.0 Å². The fourth-order valence-corrected chi connectivity index (χ4v) is 2.28. The minimum absolute atomic E-state index is 0.525. The number of hydrogen-bond donors (Lipinski definition) is 2. The highest BCUT2D eigenvalue weighted by Crippen LogP contribution is 2.26. The first-order valence-corrected chi connectivity index (χ1v) is 6.43. The maximum absolute atomic E-state index is 5.97. The second-order valence-corrected chi connectivity index (χ2v) is 5.13. The van der Waals surface area contributed by atoms with Crippen molar-refractivity contribution in [3.63, 3.8) is 0 Å². The third kappa shape index (κ3) is 1.97. The Morgan fingerprint density at radius 1 is 1.26 bits per heavy atom. The Labute approximate surface area is 111 Å². The molecule has 0 radical (unpaired) electrons. The molecule has 2 heterocycles. The van der Waals surface area contributed by atoms with Crippen molar-refractivity contribution in [1.29, 1.82) is 0 Å². The van der Waals surface area contributed by atoms with Gasteiger partial charge < -0.3 is 5.73 Å². The number of nitrogens with zero attached hydrogens (tertiary/aromatic N) is 3. The summed E-state index contributed by atoms with van der Waals surface area (Å²) in [7, 11) is 0. The average Bonchev–Trinajstić information content (AvgIpc) is 2.93. The number of fused-ring (bicyclic) bond motifs is 1. The normalized spacial score (nSPS) is 11.5. The van der Waals surface area contributed by atoms with Gasteiger partial charge in [0.15, 0.2) is 5.65 Å². The second-order valence-electron chi connectivity index (χ2n) is 5.13. The monoisotopic (exact) mass is 255 g/mol. The predicted molar refractivity (Wildman–Crippen MR) is 76.2 cm³/mol. The van der Waals surface area contributed by atoms with Gasteiger partial charge in [-0.2, -0.15) is 10.2 Å². The average molecular weight is 255 g/mol. The summed E-state index contributed by atoms with van der Waals surface area (Å²) in [5.74, 6) is 1.12. The van der Waals surface area contributed by atoms with Crippen molar-refractivity contribution >= 4 is 16.9 Å². The summed E-state index contributed by atoms with van der Waals surface area (Å²) in [6.07, 6.45) is 0.889. The molecule has 5 heteroatoms. The fourth-order valence-electron chi connectivity index (χ4n) is 2.28. The van der Waals surface area contributed by atoms with Crippen LogP contribution in [0.25, 0.3) is 16.7 Å². The predicted octanol–water partition coefficient (Wildman–Crippen LogP) is 2.53. The van der Waals surface area contributed by atoms with E-state index in [1.807, 2.05) is 35.0 Å². The van der Waals surface area contributed by atoms with E-state index in [-0.39, 0.29) is 0 Å². The first kappa shape index (κ1) is 11.8. The van der Waals surface area contributed by atoms with E-state index in [0.29, 0.717) is 11.7 Å². The standard InChI is InChI=1S/C14H17N5/c1-9(2)8-11-12-13(15)16-17-14(12)19(18-11)10-6-4-3-5-7-10/h3-7,9H,8H2,1-2H3,(H3,15,16,17). The maximum Gasteiger partial charge on any atom is 0.186 e. The van der Waals surface area contributed by atoms with Gasteiger partial charge in [-0.1, -0.05) is 32.0 Å². The lowest BCUT2D eigenvalue weighted by Gasteiger charge is -2.02. The van der Waals surface area contributed by atoms with Gasteiger partial charge in [0, 0.05) is 0 Å². The Bertz CT molecular complexity index is 693. The number of hydrogen-bond acceptors (Lipinski definition) is 3. The van der Waals surface area contributed by atoms with E-state index < -0.39 is 0 Å². The van der Waals surface area contributed by atoms with Crippen LogP contribution in [-0.4, -0.2) is 20.0 Å². The Hall–Kier alpha value is -2.30. The lowest BCUT2D eigenvalue weighted by molar-refractivity contribution is 0.630.